The van der Waals surface area contributed by atoms with Gasteiger partial charge in [0.25, 0.3) is 0 Å². The van der Waals surface area contributed by atoms with Gasteiger partial charge in [-0.2, -0.15) is 0 Å². The average Bonchev–Trinajstić information content (AvgIpc) is 3.26. The van der Waals surface area contributed by atoms with E-state index in [0.717, 1.165) is 37.9 Å². The molecule has 3 heterocycles. The lowest BCUT2D eigenvalue weighted by molar-refractivity contribution is -0.127. The van der Waals surface area contributed by atoms with E-state index in [4.69, 9.17) is 16.3 Å². The number of nitrogens with zero attached hydrogens (tertiary/aromatic N) is 3. The van der Waals surface area contributed by atoms with Gasteiger partial charge in [-0.1, -0.05) is 30.3 Å². The van der Waals surface area contributed by atoms with Crippen molar-refractivity contribution in [3.63, 3.8) is 0 Å². The number of thiophene rings is 1. The summed E-state index contributed by atoms with van der Waals surface area (Å²) < 4.78 is 5.22. The molecule has 0 radical (unpaired) electrons. The molecular weight excluding hydrogens is 394 g/mol. The molecule has 0 atom stereocenters. The fraction of sp³-hybridized carbons (Fsp3) is 0.529. The Bertz CT molecular complexity index is 834. The molecule has 0 spiro atoms. The number of likely N-dealkylation sites (tertiary alicyclic amines) is 1. The first-order valence-electron chi connectivity index (χ1n) is 8.55. The maximum absolute atomic E-state index is 12.2. The molecule has 1 amide bonds. The van der Waals surface area contributed by atoms with Gasteiger partial charge in [0.05, 0.1) is 17.7 Å². The van der Waals surface area contributed by atoms with E-state index >= 15 is 0 Å². The quantitative estimate of drug-likeness (QED) is 0.309. The monoisotopic (exact) mass is 413 g/mol. The van der Waals surface area contributed by atoms with Crippen LogP contribution in [0.1, 0.15) is 41.4 Å². The summed E-state index contributed by atoms with van der Waals surface area (Å²) in [5.41, 5.74) is 0.737. The van der Waals surface area contributed by atoms with E-state index in [9.17, 15) is 9.59 Å². The van der Waals surface area contributed by atoms with Crippen LogP contribution in [0.25, 0.3) is 10.2 Å². The number of carbonyl (C=O) groups is 2. The Balaban J connectivity index is 1.78. The minimum Gasteiger partial charge on any atom is -0.462 e. The molecule has 1 fully saturated rings. The summed E-state index contributed by atoms with van der Waals surface area (Å²) in [6, 6.07) is 0. The van der Waals surface area contributed by atoms with Crippen molar-refractivity contribution < 1.29 is 14.3 Å². The van der Waals surface area contributed by atoms with E-state index in [1.807, 2.05) is 18.7 Å². The topological polar surface area (TPSA) is 72.4 Å². The van der Waals surface area contributed by atoms with Crippen molar-refractivity contribution >= 4 is 56.8 Å². The number of hydrogen-bond donors (Lipinski definition) is 0. The summed E-state index contributed by atoms with van der Waals surface area (Å²) >= 11 is 8.85. The van der Waals surface area contributed by atoms with Gasteiger partial charge in [-0.3, -0.25) is 4.79 Å². The third-order valence-corrected chi connectivity index (χ3v) is 6.40. The summed E-state index contributed by atoms with van der Waals surface area (Å²) in [5.74, 6) is 0.0257. The van der Waals surface area contributed by atoms with Crippen molar-refractivity contribution in [1.82, 2.24) is 14.9 Å². The van der Waals surface area contributed by atoms with Gasteiger partial charge in [-0.05, 0) is 31.7 Å². The maximum Gasteiger partial charge on any atom is 0.348 e. The fourth-order valence-electron chi connectivity index (χ4n) is 2.78. The average molecular weight is 414 g/mol. The van der Waals surface area contributed by atoms with Crippen molar-refractivity contribution in [1.29, 1.82) is 0 Å². The molecule has 0 bridgehead atoms. The van der Waals surface area contributed by atoms with E-state index in [1.165, 1.54) is 23.1 Å². The molecule has 1 aliphatic heterocycles. The number of rotatable bonds is 6. The van der Waals surface area contributed by atoms with Crippen LogP contribution in [0.2, 0.25) is 5.15 Å². The predicted molar refractivity (Wildman–Crippen MR) is 104 cm³/mol. The minimum atomic E-state index is -0.359. The molecule has 0 unspecified atom stereocenters. The number of aromatic nitrogens is 2. The van der Waals surface area contributed by atoms with Crippen LogP contribution in [0.4, 0.5) is 0 Å². The molecule has 1 aliphatic rings. The number of thioether (sulfide) groups is 1. The standard InChI is InChI=1S/C17H20ClN3O3S2/c1-3-8-24-16(23)13-10(2)12-14(18)19-17(20-15(12)26-13)25-9-11(22)21-6-4-5-7-21/h3-9H2,1-2H3. The SMILES string of the molecule is CCCOC(=O)c1sc2nc(SCC(=O)N3CCCC3)nc(Cl)c2c1C. The lowest BCUT2D eigenvalue weighted by atomic mass is 10.2. The second-order valence-corrected chi connectivity index (χ2v) is 8.35. The van der Waals surface area contributed by atoms with Crippen molar-refractivity contribution in [3.05, 3.63) is 15.6 Å². The highest BCUT2D eigenvalue weighted by Crippen LogP contribution is 2.35. The predicted octanol–water partition coefficient (Wildman–Crippen LogP) is 3.93. The van der Waals surface area contributed by atoms with E-state index in [1.54, 1.807) is 0 Å². The highest BCUT2D eigenvalue weighted by atomic mass is 35.5. The van der Waals surface area contributed by atoms with E-state index in [2.05, 4.69) is 9.97 Å². The van der Waals surface area contributed by atoms with Gasteiger partial charge in [0.15, 0.2) is 5.16 Å². The second kappa shape index (κ2) is 8.54. The summed E-state index contributed by atoms with van der Waals surface area (Å²) in [6.45, 7) is 5.80. The van der Waals surface area contributed by atoms with Crippen molar-refractivity contribution in [3.8, 4) is 0 Å². The molecule has 0 aliphatic carbocycles. The summed E-state index contributed by atoms with van der Waals surface area (Å²) in [4.78, 5) is 36.2. The number of esters is 1. The molecule has 0 aromatic carbocycles. The molecule has 2 aromatic heterocycles. The zero-order valence-corrected chi connectivity index (χ0v) is 17.1. The second-order valence-electron chi connectivity index (χ2n) is 6.05. The number of carbonyl (C=O) groups excluding carboxylic acids is 2. The van der Waals surface area contributed by atoms with Gasteiger partial charge in [-0.15, -0.1) is 11.3 Å². The Morgan fingerprint density at radius 3 is 2.73 bits per heavy atom. The lowest BCUT2D eigenvalue weighted by Gasteiger charge is -2.14. The van der Waals surface area contributed by atoms with Crippen LogP contribution in [-0.2, 0) is 9.53 Å². The zero-order valence-electron chi connectivity index (χ0n) is 14.7. The molecule has 6 nitrogen and oxygen atoms in total. The molecule has 26 heavy (non-hydrogen) atoms. The third kappa shape index (κ3) is 4.13. The number of amides is 1. The molecule has 9 heteroatoms. The fourth-order valence-corrected chi connectivity index (χ4v) is 5.07. The number of ether oxygens (including phenoxy) is 1. The van der Waals surface area contributed by atoms with Crippen molar-refractivity contribution in [2.45, 2.75) is 38.3 Å². The first kappa shape index (κ1) is 19.4. The van der Waals surface area contributed by atoms with Crippen LogP contribution < -0.4 is 0 Å². The molecule has 0 N–H and O–H groups in total. The highest BCUT2D eigenvalue weighted by molar-refractivity contribution is 7.99. The number of hydrogen-bond acceptors (Lipinski definition) is 7. The Kier molecular flexibility index (Phi) is 6.37. The lowest BCUT2D eigenvalue weighted by Crippen LogP contribution is -2.29. The number of halogens is 1. The summed E-state index contributed by atoms with van der Waals surface area (Å²) in [6.07, 6.45) is 2.90. The Morgan fingerprint density at radius 1 is 1.31 bits per heavy atom. The van der Waals surface area contributed by atoms with E-state index in [-0.39, 0.29) is 17.6 Å². The first-order chi connectivity index (χ1) is 12.5. The first-order valence-corrected chi connectivity index (χ1v) is 10.7. The smallest absolute Gasteiger partial charge is 0.348 e. The molecule has 2 aromatic rings. The van der Waals surface area contributed by atoms with Crippen LogP contribution in [-0.4, -0.2) is 52.2 Å². The van der Waals surface area contributed by atoms with Gasteiger partial charge < -0.3 is 9.64 Å². The Hall–Kier alpha value is -1.38. The van der Waals surface area contributed by atoms with Crippen LogP contribution in [0.5, 0.6) is 0 Å². The van der Waals surface area contributed by atoms with Gasteiger partial charge in [0.1, 0.15) is 14.9 Å². The van der Waals surface area contributed by atoms with E-state index in [0.29, 0.717) is 32.0 Å². The Morgan fingerprint density at radius 2 is 2.04 bits per heavy atom. The number of aryl methyl sites for hydroxylation is 1. The maximum atomic E-state index is 12.2. The van der Waals surface area contributed by atoms with E-state index < -0.39 is 0 Å². The molecular formula is C17H20ClN3O3S2. The summed E-state index contributed by atoms with van der Waals surface area (Å²) in [7, 11) is 0. The zero-order chi connectivity index (χ0) is 18.7. The molecule has 140 valence electrons. The van der Waals surface area contributed by atoms with Crippen LogP contribution >= 0.6 is 34.7 Å². The molecule has 0 saturated carbocycles. The van der Waals surface area contributed by atoms with Gasteiger partial charge in [-0.25, -0.2) is 14.8 Å². The van der Waals surface area contributed by atoms with Gasteiger partial charge in [0, 0.05) is 13.1 Å². The highest BCUT2D eigenvalue weighted by Gasteiger charge is 2.22. The van der Waals surface area contributed by atoms with Crippen molar-refractivity contribution in [2.75, 3.05) is 25.4 Å². The van der Waals surface area contributed by atoms with Crippen LogP contribution in [0, 0.1) is 6.92 Å². The number of fused-ring (bicyclic) bond motifs is 1. The van der Waals surface area contributed by atoms with Gasteiger partial charge >= 0.3 is 5.97 Å². The van der Waals surface area contributed by atoms with Crippen LogP contribution in [0.3, 0.4) is 0 Å². The molecule has 3 rings (SSSR count). The normalized spacial score (nSPS) is 14.2. The largest absolute Gasteiger partial charge is 0.462 e. The minimum absolute atomic E-state index is 0.0958. The summed E-state index contributed by atoms with van der Waals surface area (Å²) in [5, 5.41) is 1.43. The molecule has 1 saturated heterocycles. The van der Waals surface area contributed by atoms with Crippen LogP contribution in [0.15, 0.2) is 5.16 Å². The van der Waals surface area contributed by atoms with Crippen molar-refractivity contribution in [2.24, 2.45) is 0 Å². The van der Waals surface area contributed by atoms with Gasteiger partial charge in [0.2, 0.25) is 5.91 Å². The third-order valence-electron chi connectivity index (χ3n) is 4.13. The Labute approximate surface area is 165 Å².